The maximum atomic E-state index is 11.5. The van der Waals surface area contributed by atoms with Crippen LogP contribution in [0.4, 0.5) is 0 Å². The second-order valence-electron chi connectivity index (χ2n) is 4.33. The van der Waals surface area contributed by atoms with Crippen molar-refractivity contribution in [3.63, 3.8) is 0 Å². The SMILES string of the molecule is CCCN(CC)CCNC(=O)CC(C)CN. The second-order valence-corrected chi connectivity index (χ2v) is 4.33. The van der Waals surface area contributed by atoms with Crippen LogP contribution in [0, 0.1) is 5.92 Å². The normalized spacial score (nSPS) is 12.8. The maximum absolute atomic E-state index is 11.5. The minimum absolute atomic E-state index is 0.116. The first-order valence-electron chi connectivity index (χ1n) is 6.33. The Morgan fingerprint density at radius 3 is 2.56 bits per heavy atom. The van der Waals surface area contributed by atoms with Gasteiger partial charge in [0, 0.05) is 19.5 Å². The van der Waals surface area contributed by atoms with Crippen molar-refractivity contribution in [3.05, 3.63) is 0 Å². The van der Waals surface area contributed by atoms with Gasteiger partial charge in [0.1, 0.15) is 0 Å². The van der Waals surface area contributed by atoms with Crippen LogP contribution in [0.3, 0.4) is 0 Å². The van der Waals surface area contributed by atoms with Crippen LogP contribution < -0.4 is 11.1 Å². The van der Waals surface area contributed by atoms with Crippen LogP contribution in [0.25, 0.3) is 0 Å². The van der Waals surface area contributed by atoms with Crippen molar-refractivity contribution in [1.29, 1.82) is 0 Å². The summed E-state index contributed by atoms with van der Waals surface area (Å²) in [5.41, 5.74) is 5.47. The van der Waals surface area contributed by atoms with E-state index in [0.29, 0.717) is 13.0 Å². The zero-order chi connectivity index (χ0) is 12.4. The molecule has 1 atom stereocenters. The summed E-state index contributed by atoms with van der Waals surface area (Å²) in [6.45, 7) is 10.7. The van der Waals surface area contributed by atoms with Crippen LogP contribution in [-0.4, -0.2) is 43.5 Å². The minimum atomic E-state index is 0.116. The van der Waals surface area contributed by atoms with E-state index in [1.54, 1.807) is 0 Å². The molecular formula is C12H27N3O. The summed E-state index contributed by atoms with van der Waals surface area (Å²) in [5.74, 6) is 0.392. The Morgan fingerprint density at radius 2 is 2.06 bits per heavy atom. The van der Waals surface area contributed by atoms with Crippen LogP contribution >= 0.6 is 0 Å². The second kappa shape index (κ2) is 9.60. The van der Waals surface area contributed by atoms with E-state index in [9.17, 15) is 4.79 Å². The fourth-order valence-corrected chi connectivity index (χ4v) is 1.57. The van der Waals surface area contributed by atoms with Gasteiger partial charge in [-0.3, -0.25) is 4.79 Å². The van der Waals surface area contributed by atoms with E-state index in [1.807, 2.05) is 6.92 Å². The molecule has 0 rings (SSSR count). The molecule has 96 valence electrons. The summed E-state index contributed by atoms with van der Waals surface area (Å²) in [4.78, 5) is 13.8. The highest BCUT2D eigenvalue weighted by atomic mass is 16.1. The minimum Gasteiger partial charge on any atom is -0.355 e. The number of nitrogens with two attached hydrogens (primary N) is 1. The molecule has 0 heterocycles. The van der Waals surface area contributed by atoms with Gasteiger partial charge in [0.25, 0.3) is 0 Å². The fourth-order valence-electron chi connectivity index (χ4n) is 1.57. The van der Waals surface area contributed by atoms with Crippen molar-refractivity contribution in [3.8, 4) is 0 Å². The molecule has 3 N–H and O–H groups in total. The van der Waals surface area contributed by atoms with Gasteiger partial charge >= 0.3 is 0 Å². The van der Waals surface area contributed by atoms with E-state index in [2.05, 4.69) is 24.1 Å². The van der Waals surface area contributed by atoms with Gasteiger partial charge in [-0.15, -0.1) is 0 Å². The van der Waals surface area contributed by atoms with Crippen LogP contribution in [0.5, 0.6) is 0 Å². The summed E-state index contributed by atoms with van der Waals surface area (Å²) in [5, 5.41) is 2.93. The van der Waals surface area contributed by atoms with Gasteiger partial charge in [0.05, 0.1) is 0 Å². The monoisotopic (exact) mass is 229 g/mol. The molecule has 0 fully saturated rings. The van der Waals surface area contributed by atoms with Gasteiger partial charge < -0.3 is 16.0 Å². The van der Waals surface area contributed by atoms with Gasteiger partial charge in [0.15, 0.2) is 0 Å². The highest BCUT2D eigenvalue weighted by Crippen LogP contribution is 1.97. The van der Waals surface area contributed by atoms with Crippen molar-refractivity contribution in [2.45, 2.75) is 33.6 Å². The van der Waals surface area contributed by atoms with Crippen LogP contribution in [0.1, 0.15) is 33.6 Å². The van der Waals surface area contributed by atoms with Crippen molar-refractivity contribution in [1.82, 2.24) is 10.2 Å². The number of hydrogen-bond acceptors (Lipinski definition) is 3. The predicted octanol–water partition coefficient (Wildman–Crippen LogP) is 0.819. The van der Waals surface area contributed by atoms with E-state index < -0.39 is 0 Å². The first-order valence-corrected chi connectivity index (χ1v) is 6.33. The van der Waals surface area contributed by atoms with Crippen LogP contribution in [0.15, 0.2) is 0 Å². The smallest absolute Gasteiger partial charge is 0.220 e. The Kier molecular flexibility index (Phi) is 9.24. The molecule has 0 saturated carbocycles. The summed E-state index contributed by atoms with van der Waals surface area (Å²) in [7, 11) is 0. The number of carbonyl (C=O) groups is 1. The van der Waals surface area contributed by atoms with Gasteiger partial charge in [0.2, 0.25) is 5.91 Å². The first kappa shape index (κ1) is 15.4. The van der Waals surface area contributed by atoms with Crippen LogP contribution in [0.2, 0.25) is 0 Å². The average molecular weight is 229 g/mol. The molecule has 16 heavy (non-hydrogen) atoms. The molecule has 0 aliphatic carbocycles. The molecular weight excluding hydrogens is 202 g/mol. The lowest BCUT2D eigenvalue weighted by Gasteiger charge is -2.19. The van der Waals surface area contributed by atoms with E-state index in [-0.39, 0.29) is 11.8 Å². The molecule has 4 nitrogen and oxygen atoms in total. The lowest BCUT2D eigenvalue weighted by atomic mass is 10.1. The first-order chi connectivity index (χ1) is 7.63. The van der Waals surface area contributed by atoms with Gasteiger partial charge in [-0.1, -0.05) is 20.8 Å². The number of nitrogens with zero attached hydrogens (tertiary/aromatic N) is 1. The third kappa shape index (κ3) is 7.65. The molecule has 0 bridgehead atoms. The highest BCUT2D eigenvalue weighted by Gasteiger charge is 2.07. The highest BCUT2D eigenvalue weighted by molar-refractivity contribution is 5.76. The molecule has 4 heteroatoms. The summed E-state index contributed by atoms with van der Waals surface area (Å²) in [6.07, 6.45) is 1.70. The maximum Gasteiger partial charge on any atom is 0.220 e. The molecule has 1 amide bonds. The number of likely N-dealkylation sites (N-methyl/N-ethyl adjacent to an activating group) is 1. The van der Waals surface area contributed by atoms with Crippen LogP contribution in [-0.2, 0) is 4.79 Å². The summed E-state index contributed by atoms with van der Waals surface area (Å²) < 4.78 is 0. The Bertz CT molecular complexity index is 185. The van der Waals surface area contributed by atoms with E-state index >= 15 is 0 Å². The number of rotatable bonds is 9. The third-order valence-corrected chi connectivity index (χ3v) is 2.67. The molecule has 0 saturated heterocycles. The molecule has 0 aromatic rings. The zero-order valence-electron chi connectivity index (χ0n) is 11.0. The predicted molar refractivity (Wildman–Crippen MR) is 68.3 cm³/mol. The van der Waals surface area contributed by atoms with E-state index in [1.165, 1.54) is 0 Å². The topological polar surface area (TPSA) is 58.4 Å². The van der Waals surface area contributed by atoms with Crippen molar-refractivity contribution < 1.29 is 4.79 Å². The van der Waals surface area contributed by atoms with Gasteiger partial charge in [-0.05, 0) is 32.0 Å². The van der Waals surface area contributed by atoms with Crippen molar-refractivity contribution >= 4 is 5.91 Å². The molecule has 0 aromatic carbocycles. The number of amides is 1. The Balaban J connectivity index is 3.59. The zero-order valence-corrected chi connectivity index (χ0v) is 11.0. The van der Waals surface area contributed by atoms with Crippen molar-refractivity contribution in [2.24, 2.45) is 11.7 Å². The summed E-state index contributed by atoms with van der Waals surface area (Å²) in [6, 6.07) is 0. The Labute approximate surface area is 99.6 Å². The number of carbonyl (C=O) groups excluding carboxylic acids is 1. The molecule has 0 aliphatic rings. The quantitative estimate of drug-likeness (QED) is 0.615. The van der Waals surface area contributed by atoms with E-state index in [4.69, 9.17) is 5.73 Å². The largest absolute Gasteiger partial charge is 0.355 e. The fraction of sp³-hybridized carbons (Fsp3) is 0.917. The third-order valence-electron chi connectivity index (χ3n) is 2.67. The molecule has 0 aromatic heterocycles. The molecule has 0 spiro atoms. The van der Waals surface area contributed by atoms with Gasteiger partial charge in [-0.2, -0.15) is 0 Å². The van der Waals surface area contributed by atoms with E-state index in [0.717, 1.165) is 32.6 Å². The average Bonchev–Trinajstić information content (AvgIpc) is 2.27. The Hall–Kier alpha value is -0.610. The standard InChI is InChI=1S/C12H27N3O/c1-4-7-15(5-2)8-6-14-12(16)9-11(3)10-13/h11H,4-10,13H2,1-3H3,(H,14,16). The number of hydrogen-bond donors (Lipinski definition) is 2. The van der Waals surface area contributed by atoms with Gasteiger partial charge in [-0.25, -0.2) is 0 Å². The molecule has 0 aliphatic heterocycles. The Morgan fingerprint density at radius 1 is 1.38 bits per heavy atom. The van der Waals surface area contributed by atoms with Crippen molar-refractivity contribution in [2.75, 3.05) is 32.7 Å². The number of nitrogens with one attached hydrogen (secondary N) is 1. The summed E-state index contributed by atoms with van der Waals surface area (Å²) >= 11 is 0. The molecule has 0 radical (unpaired) electrons. The lowest BCUT2D eigenvalue weighted by Crippen LogP contribution is -2.36. The lowest BCUT2D eigenvalue weighted by molar-refractivity contribution is -0.121. The molecule has 1 unspecified atom stereocenters.